The van der Waals surface area contributed by atoms with Crippen LogP contribution in [0.3, 0.4) is 0 Å². The average molecular weight is 948 g/mol. The summed E-state index contributed by atoms with van der Waals surface area (Å²) in [7, 11) is 0. The molecule has 0 unspecified atom stereocenters. The van der Waals surface area contributed by atoms with Crippen molar-refractivity contribution in [3.8, 4) is 0 Å². The second-order valence-electron chi connectivity index (χ2n) is 21.5. The highest BCUT2D eigenvalue weighted by Crippen LogP contribution is 2.18. The predicted molar refractivity (Wildman–Crippen MR) is 289 cm³/mol. The van der Waals surface area contributed by atoms with E-state index in [2.05, 4.69) is 27.7 Å². The summed E-state index contributed by atoms with van der Waals surface area (Å²) in [6.07, 6.45) is 60.9. The molecular formula is C61H118O6. The number of hydrogen-bond donors (Lipinski definition) is 0. The molecule has 0 aliphatic heterocycles. The Bertz CT molecular complexity index is 1010. The number of esters is 3. The molecule has 0 bridgehead atoms. The van der Waals surface area contributed by atoms with Gasteiger partial charge in [-0.2, -0.15) is 0 Å². The van der Waals surface area contributed by atoms with E-state index in [1.165, 1.54) is 244 Å². The molecule has 0 fully saturated rings. The lowest BCUT2D eigenvalue weighted by molar-refractivity contribution is -0.167. The fourth-order valence-electron chi connectivity index (χ4n) is 9.46. The van der Waals surface area contributed by atoms with Crippen LogP contribution in [0.2, 0.25) is 0 Å². The van der Waals surface area contributed by atoms with Crippen LogP contribution in [0.1, 0.15) is 349 Å². The minimum atomic E-state index is -0.762. The maximum absolute atomic E-state index is 12.9. The zero-order valence-corrected chi connectivity index (χ0v) is 45.9. The van der Waals surface area contributed by atoms with E-state index in [9.17, 15) is 14.4 Å². The third kappa shape index (κ3) is 55.2. The summed E-state index contributed by atoms with van der Waals surface area (Å²) in [5.41, 5.74) is 0. The third-order valence-corrected chi connectivity index (χ3v) is 14.0. The van der Waals surface area contributed by atoms with E-state index in [4.69, 9.17) is 14.2 Å². The van der Waals surface area contributed by atoms with Crippen LogP contribution >= 0.6 is 0 Å². The van der Waals surface area contributed by atoms with Gasteiger partial charge in [0.1, 0.15) is 13.2 Å². The van der Waals surface area contributed by atoms with Gasteiger partial charge in [-0.1, -0.05) is 310 Å². The molecule has 0 aromatic heterocycles. The standard InChI is InChI=1S/C61H118O6/c1-5-7-9-11-13-15-17-19-21-22-25-29-32-36-40-44-48-52-59(62)65-55-58(67-61(64)54-50-46-42-38-34-28-20-18-16-14-12-10-8-6-2)56-66-60(63)53-49-45-41-37-33-30-26-23-24-27-31-35-39-43-47-51-57(3)4/h57-58H,5-56H2,1-4H3/t58-/m1/s1. The quantitative estimate of drug-likeness (QED) is 0.0343. The zero-order chi connectivity index (χ0) is 48.8. The number of carbonyl (C=O) groups excluding carboxylic acids is 3. The van der Waals surface area contributed by atoms with Crippen LogP contribution in [0.25, 0.3) is 0 Å². The van der Waals surface area contributed by atoms with E-state index >= 15 is 0 Å². The topological polar surface area (TPSA) is 78.9 Å². The van der Waals surface area contributed by atoms with Crippen molar-refractivity contribution in [1.82, 2.24) is 0 Å². The van der Waals surface area contributed by atoms with Crippen LogP contribution in [0.5, 0.6) is 0 Å². The minimum absolute atomic E-state index is 0.0614. The summed E-state index contributed by atoms with van der Waals surface area (Å²) in [5, 5.41) is 0. The normalized spacial score (nSPS) is 12.0. The molecule has 0 aliphatic rings. The number of carbonyl (C=O) groups is 3. The van der Waals surface area contributed by atoms with E-state index in [1.54, 1.807) is 0 Å². The lowest BCUT2D eigenvalue weighted by Gasteiger charge is -2.18. The second-order valence-corrected chi connectivity index (χ2v) is 21.5. The molecule has 6 heteroatoms. The van der Waals surface area contributed by atoms with Crippen LogP contribution in [0.4, 0.5) is 0 Å². The van der Waals surface area contributed by atoms with E-state index in [-0.39, 0.29) is 31.1 Å². The van der Waals surface area contributed by atoms with Gasteiger partial charge in [0.15, 0.2) is 6.10 Å². The predicted octanol–water partition coefficient (Wildman–Crippen LogP) is 20.2. The van der Waals surface area contributed by atoms with Gasteiger partial charge in [-0.25, -0.2) is 0 Å². The summed E-state index contributed by atoms with van der Waals surface area (Å²) in [5.74, 6) is 0.0183. The second kappa shape index (κ2) is 55.3. The Labute approximate surface area is 418 Å². The van der Waals surface area contributed by atoms with Crippen molar-refractivity contribution >= 4 is 17.9 Å². The maximum atomic E-state index is 12.9. The minimum Gasteiger partial charge on any atom is -0.462 e. The van der Waals surface area contributed by atoms with Crippen molar-refractivity contribution in [2.45, 2.75) is 355 Å². The van der Waals surface area contributed by atoms with Gasteiger partial charge in [0.05, 0.1) is 0 Å². The van der Waals surface area contributed by atoms with Crippen LogP contribution in [0, 0.1) is 5.92 Å². The van der Waals surface area contributed by atoms with Gasteiger partial charge in [0.25, 0.3) is 0 Å². The molecule has 0 amide bonds. The van der Waals surface area contributed by atoms with E-state index in [0.717, 1.165) is 63.7 Å². The van der Waals surface area contributed by atoms with Crippen molar-refractivity contribution in [2.75, 3.05) is 13.2 Å². The molecular weight excluding hydrogens is 829 g/mol. The van der Waals surface area contributed by atoms with Crippen molar-refractivity contribution in [2.24, 2.45) is 5.92 Å². The van der Waals surface area contributed by atoms with Crippen LogP contribution in [-0.2, 0) is 28.6 Å². The molecule has 6 nitrogen and oxygen atoms in total. The number of ether oxygens (including phenoxy) is 3. The van der Waals surface area contributed by atoms with E-state index in [1.807, 2.05) is 0 Å². The molecule has 398 valence electrons. The Hall–Kier alpha value is -1.59. The van der Waals surface area contributed by atoms with Crippen molar-refractivity contribution < 1.29 is 28.6 Å². The summed E-state index contributed by atoms with van der Waals surface area (Å²) in [6, 6.07) is 0. The zero-order valence-electron chi connectivity index (χ0n) is 45.9. The number of rotatable bonds is 56. The first-order valence-corrected chi connectivity index (χ1v) is 30.4. The fourth-order valence-corrected chi connectivity index (χ4v) is 9.46. The molecule has 0 N–H and O–H groups in total. The molecule has 0 radical (unpaired) electrons. The molecule has 0 saturated carbocycles. The molecule has 1 atom stereocenters. The van der Waals surface area contributed by atoms with Crippen molar-refractivity contribution in [1.29, 1.82) is 0 Å². The Kier molecular flexibility index (Phi) is 54.0. The highest BCUT2D eigenvalue weighted by atomic mass is 16.6. The maximum Gasteiger partial charge on any atom is 0.306 e. The molecule has 67 heavy (non-hydrogen) atoms. The first-order valence-electron chi connectivity index (χ1n) is 30.4. The molecule has 0 rings (SSSR count). The van der Waals surface area contributed by atoms with Gasteiger partial charge in [-0.05, 0) is 25.2 Å². The number of unbranched alkanes of at least 4 members (excludes halogenated alkanes) is 43. The molecule has 0 saturated heterocycles. The molecule has 0 aromatic rings. The summed E-state index contributed by atoms with van der Waals surface area (Å²) in [4.78, 5) is 38.2. The Balaban J connectivity index is 4.27. The van der Waals surface area contributed by atoms with Crippen molar-refractivity contribution in [3.63, 3.8) is 0 Å². The van der Waals surface area contributed by atoms with Crippen LogP contribution < -0.4 is 0 Å². The number of hydrogen-bond acceptors (Lipinski definition) is 6. The van der Waals surface area contributed by atoms with Gasteiger partial charge in [-0.15, -0.1) is 0 Å². The first-order chi connectivity index (χ1) is 32.9. The van der Waals surface area contributed by atoms with Gasteiger partial charge in [0, 0.05) is 19.3 Å². The van der Waals surface area contributed by atoms with Crippen molar-refractivity contribution in [3.05, 3.63) is 0 Å². The summed E-state index contributed by atoms with van der Waals surface area (Å²) in [6.45, 7) is 9.08. The highest BCUT2D eigenvalue weighted by Gasteiger charge is 2.19. The summed E-state index contributed by atoms with van der Waals surface area (Å²) < 4.78 is 16.9. The third-order valence-electron chi connectivity index (χ3n) is 14.0. The lowest BCUT2D eigenvalue weighted by Crippen LogP contribution is -2.30. The van der Waals surface area contributed by atoms with E-state index in [0.29, 0.717) is 19.3 Å². The molecule has 0 heterocycles. The monoisotopic (exact) mass is 947 g/mol. The van der Waals surface area contributed by atoms with Gasteiger partial charge in [-0.3, -0.25) is 14.4 Å². The van der Waals surface area contributed by atoms with Gasteiger partial charge >= 0.3 is 17.9 Å². The Morgan fingerprint density at radius 2 is 0.493 bits per heavy atom. The largest absolute Gasteiger partial charge is 0.462 e. The molecule has 0 aromatic carbocycles. The Morgan fingerprint density at radius 3 is 0.731 bits per heavy atom. The Morgan fingerprint density at radius 1 is 0.284 bits per heavy atom. The highest BCUT2D eigenvalue weighted by molar-refractivity contribution is 5.71. The van der Waals surface area contributed by atoms with E-state index < -0.39 is 6.10 Å². The smallest absolute Gasteiger partial charge is 0.306 e. The average Bonchev–Trinajstić information content (AvgIpc) is 3.31. The first kappa shape index (κ1) is 65.4. The SMILES string of the molecule is CCCCCCCCCCCCCCCCCCCC(=O)OC[C@H](COC(=O)CCCCCCCCCCCCCCCCCC(C)C)OC(=O)CCCCCCCCCCCCCCCC. The molecule has 0 spiro atoms. The lowest BCUT2D eigenvalue weighted by atomic mass is 10.0. The molecule has 0 aliphatic carbocycles. The summed E-state index contributed by atoms with van der Waals surface area (Å²) >= 11 is 0. The van der Waals surface area contributed by atoms with Crippen LogP contribution in [0.15, 0.2) is 0 Å². The van der Waals surface area contributed by atoms with Crippen LogP contribution in [-0.4, -0.2) is 37.2 Å². The van der Waals surface area contributed by atoms with Gasteiger partial charge in [0.2, 0.25) is 0 Å². The fraction of sp³-hybridized carbons (Fsp3) is 0.951. The van der Waals surface area contributed by atoms with Gasteiger partial charge < -0.3 is 14.2 Å².